The number of benzene rings is 2. The number of carbonyl (C=O) groups excluding carboxylic acids is 2. The van der Waals surface area contributed by atoms with Crippen molar-refractivity contribution in [3.8, 4) is 0 Å². The van der Waals surface area contributed by atoms with Crippen LogP contribution in [0.25, 0.3) is 0 Å². The van der Waals surface area contributed by atoms with Gasteiger partial charge < -0.3 is 15.8 Å². The maximum absolute atomic E-state index is 13.0. The van der Waals surface area contributed by atoms with Crippen LogP contribution in [-0.2, 0) is 9.53 Å². The van der Waals surface area contributed by atoms with Gasteiger partial charge in [0.15, 0.2) is 18.2 Å². The van der Waals surface area contributed by atoms with Gasteiger partial charge in [-0.2, -0.15) is 0 Å². The molecule has 0 atom stereocenters. The first-order valence-corrected chi connectivity index (χ1v) is 6.65. The molecule has 0 saturated carbocycles. The number of ether oxygens (including phenoxy) is 1. The van der Waals surface area contributed by atoms with E-state index in [1.165, 1.54) is 12.1 Å². The molecule has 0 heterocycles. The van der Waals surface area contributed by atoms with Crippen molar-refractivity contribution in [1.29, 1.82) is 0 Å². The Hall–Kier alpha value is -2.96. The van der Waals surface area contributed by atoms with Crippen LogP contribution in [0.5, 0.6) is 0 Å². The summed E-state index contributed by atoms with van der Waals surface area (Å²) in [5.74, 6) is -3.54. The predicted octanol–water partition coefficient (Wildman–Crippen LogP) is 2.65. The third-order valence-corrected chi connectivity index (χ3v) is 3.08. The SMILES string of the molecule is Cc1cccc(C(=O)OCC(=O)Nc2ccc(F)c(F)c2)c1N. The van der Waals surface area contributed by atoms with Crippen LogP contribution in [0.4, 0.5) is 20.2 Å². The zero-order chi connectivity index (χ0) is 17.0. The lowest BCUT2D eigenvalue weighted by atomic mass is 10.1. The Kier molecular flexibility index (Phi) is 4.90. The van der Waals surface area contributed by atoms with Crippen LogP contribution in [-0.4, -0.2) is 18.5 Å². The number of halogens is 2. The molecule has 0 aromatic heterocycles. The lowest BCUT2D eigenvalue weighted by molar-refractivity contribution is -0.119. The highest BCUT2D eigenvalue weighted by molar-refractivity contribution is 5.98. The molecule has 0 aliphatic carbocycles. The summed E-state index contributed by atoms with van der Waals surface area (Å²) < 4.78 is 30.7. The normalized spacial score (nSPS) is 10.2. The third kappa shape index (κ3) is 4.03. The van der Waals surface area contributed by atoms with Crippen LogP contribution in [0.3, 0.4) is 0 Å². The molecule has 7 heteroatoms. The molecule has 0 bridgehead atoms. The van der Waals surface area contributed by atoms with Gasteiger partial charge in [-0.05, 0) is 30.7 Å². The van der Waals surface area contributed by atoms with Crippen molar-refractivity contribution in [3.63, 3.8) is 0 Å². The van der Waals surface area contributed by atoms with Crippen molar-refractivity contribution >= 4 is 23.3 Å². The second-order valence-corrected chi connectivity index (χ2v) is 4.79. The van der Waals surface area contributed by atoms with E-state index in [0.717, 1.165) is 12.1 Å². The van der Waals surface area contributed by atoms with E-state index in [-0.39, 0.29) is 16.9 Å². The number of hydrogen-bond donors (Lipinski definition) is 2. The summed E-state index contributed by atoms with van der Waals surface area (Å²) in [6.07, 6.45) is 0. The average Bonchev–Trinajstić information content (AvgIpc) is 2.51. The summed E-state index contributed by atoms with van der Waals surface area (Å²) in [4.78, 5) is 23.5. The first-order chi connectivity index (χ1) is 10.9. The van der Waals surface area contributed by atoms with Gasteiger partial charge in [-0.3, -0.25) is 4.79 Å². The number of nitrogens with one attached hydrogen (secondary N) is 1. The van der Waals surface area contributed by atoms with Gasteiger partial charge in [-0.15, -0.1) is 0 Å². The summed E-state index contributed by atoms with van der Waals surface area (Å²) in [6, 6.07) is 7.76. The summed E-state index contributed by atoms with van der Waals surface area (Å²) in [7, 11) is 0. The fourth-order valence-corrected chi connectivity index (χ4v) is 1.84. The minimum atomic E-state index is -1.09. The van der Waals surface area contributed by atoms with E-state index in [0.29, 0.717) is 5.56 Å². The van der Waals surface area contributed by atoms with Crippen molar-refractivity contribution in [2.75, 3.05) is 17.7 Å². The monoisotopic (exact) mass is 320 g/mol. The zero-order valence-electron chi connectivity index (χ0n) is 12.2. The van der Waals surface area contributed by atoms with E-state index in [1.54, 1.807) is 19.1 Å². The van der Waals surface area contributed by atoms with E-state index in [1.807, 2.05) is 0 Å². The smallest absolute Gasteiger partial charge is 0.340 e. The molecule has 0 unspecified atom stereocenters. The Morgan fingerprint density at radius 2 is 1.91 bits per heavy atom. The van der Waals surface area contributed by atoms with Crippen LogP contribution < -0.4 is 11.1 Å². The fraction of sp³-hybridized carbons (Fsp3) is 0.125. The number of para-hydroxylation sites is 1. The van der Waals surface area contributed by atoms with Gasteiger partial charge in [0.05, 0.1) is 5.56 Å². The highest BCUT2D eigenvalue weighted by Crippen LogP contribution is 2.17. The number of aryl methyl sites for hydroxylation is 1. The standard InChI is InChI=1S/C16H14F2N2O3/c1-9-3-2-4-11(15(9)19)16(22)23-8-14(21)20-10-5-6-12(17)13(18)7-10/h2-7H,8,19H2,1H3,(H,20,21). The second kappa shape index (κ2) is 6.87. The van der Waals surface area contributed by atoms with E-state index in [9.17, 15) is 18.4 Å². The number of nitrogens with two attached hydrogens (primary N) is 1. The Morgan fingerprint density at radius 3 is 2.61 bits per heavy atom. The first-order valence-electron chi connectivity index (χ1n) is 6.65. The van der Waals surface area contributed by atoms with Gasteiger partial charge in [0.25, 0.3) is 5.91 Å². The van der Waals surface area contributed by atoms with E-state index in [2.05, 4.69) is 5.32 Å². The number of esters is 1. The maximum Gasteiger partial charge on any atom is 0.340 e. The van der Waals surface area contributed by atoms with Gasteiger partial charge in [-0.1, -0.05) is 12.1 Å². The van der Waals surface area contributed by atoms with Gasteiger partial charge in [0, 0.05) is 17.4 Å². The molecule has 0 fully saturated rings. The summed E-state index contributed by atoms with van der Waals surface area (Å²) in [5, 5.41) is 2.29. The molecule has 1 amide bonds. The molecule has 23 heavy (non-hydrogen) atoms. The second-order valence-electron chi connectivity index (χ2n) is 4.79. The molecule has 0 aliphatic rings. The molecule has 2 rings (SSSR count). The molecule has 3 N–H and O–H groups in total. The average molecular weight is 320 g/mol. The Balaban J connectivity index is 1.94. The minimum absolute atomic E-state index is 0.0556. The maximum atomic E-state index is 13.0. The van der Waals surface area contributed by atoms with Crippen molar-refractivity contribution in [3.05, 3.63) is 59.2 Å². The van der Waals surface area contributed by atoms with E-state index < -0.39 is 30.1 Å². The molecule has 2 aromatic rings. The van der Waals surface area contributed by atoms with Crippen molar-refractivity contribution in [1.82, 2.24) is 0 Å². The molecule has 0 saturated heterocycles. The summed E-state index contributed by atoms with van der Waals surface area (Å²) in [5.41, 5.74) is 6.97. The van der Waals surface area contributed by atoms with Crippen LogP contribution in [0.1, 0.15) is 15.9 Å². The van der Waals surface area contributed by atoms with Gasteiger partial charge >= 0.3 is 5.97 Å². The quantitative estimate of drug-likeness (QED) is 0.670. The topological polar surface area (TPSA) is 81.4 Å². The van der Waals surface area contributed by atoms with Crippen molar-refractivity contribution < 1.29 is 23.1 Å². The molecule has 2 aromatic carbocycles. The van der Waals surface area contributed by atoms with Crippen LogP contribution >= 0.6 is 0 Å². The largest absolute Gasteiger partial charge is 0.452 e. The molecular formula is C16H14F2N2O3. The van der Waals surface area contributed by atoms with Crippen molar-refractivity contribution in [2.45, 2.75) is 6.92 Å². The summed E-state index contributed by atoms with van der Waals surface area (Å²) >= 11 is 0. The number of nitrogen functional groups attached to an aromatic ring is 1. The molecule has 5 nitrogen and oxygen atoms in total. The predicted molar refractivity (Wildman–Crippen MR) is 80.9 cm³/mol. The fourth-order valence-electron chi connectivity index (χ4n) is 1.84. The highest BCUT2D eigenvalue weighted by Gasteiger charge is 2.14. The third-order valence-electron chi connectivity index (χ3n) is 3.08. The zero-order valence-corrected chi connectivity index (χ0v) is 12.2. The number of amides is 1. The lowest BCUT2D eigenvalue weighted by Crippen LogP contribution is -2.21. The number of anilines is 2. The Labute approximate surface area is 131 Å². The van der Waals surface area contributed by atoms with Crippen LogP contribution in [0, 0.1) is 18.6 Å². The highest BCUT2D eigenvalue weighted by atomic mass is 19.2. The van der Waals surface area contributed by atoms with Crippen LogP contribution in [0.15, 0.2) is 36.4 Å². The number of rotatable bonds is 4. The molecule has 120 valence electrons. The van der Waals surface area contributed by atoms with E-state index >= 15 is 0 Å². The van der Waals surface area contributed by atoms with Crippen molar-refractivity contribution in [2.24, 2.45) is 0 Å². The number of carbonyl (C=O) groups is 2. The first kappa shape index (κ1) is 16.4. The molecule has 0 spiro atoms. The summed E-state index contributed by atoms with van der Waals surface area (Å²) in [6.45, 7) is 1.16. The van der Waals surface area contributed by atoms with Gasteiger partial charge in [-0.25, -0.2) is 13.6 Å². The molecule has 0 radical (unpaired) electrons. The number of hydrogen-bond acceptors (Lipinski definition) is 4. The molecule has 0 aliphatic heterocycles. The van der Waals surface area contributed by atoms with E-state index in [4.69, 9.17) is 10.5 Å². The molecular weight excluding hydrogens is 306 g/mol. The minimum Gasteiger partial charge on any atom is -0.452 e. The van der Waals surface area contributed by atoms with Gasteiger partial charge in [0.2, 0.25) is 0 Å². The Morgan fingerprint density at radius 1 is 1.17 bits per heavy atom. The Bertz CT molecular complexity index is 763. The van der Waals surface area contributed by atoms with Gasteiger partial charge in [0.1, 0.15) is 0 Å². The lowest BCUT2D eigenvalue weighted by Gasteiger charge is -2.09. The van der Waals surface area contributed by atoms with Crippen LogP contribution in [0.2, 0.25) is 0 Å².